The highest BCUT2D eigenvalue weighted by atomic mass is 35.5. The van der Waals surface area contributed by atoms with Gasteiger partial charge >= 0.3 is 0 Å². The summed E-state index contributed by atoms with van der Waals surface area (Å²) < 4.78 is 31.6. The molecule has 1 aliphatic heterocycles. The first kappa shape index (κ1) is 17.2. The van der Waals surface area contributed by atoms with E-state index in [1.807, 2.05) is 6.92 Å². The molecule has 0 aliphatic carbocycles. The molecule has 1 fully saturated rings. The average molecular weight is 321 g/mol. The van der Waals surface area contributed by atoms with Crippen LogP contribution in [0.3, 0.4) is 0 Å². The van der Waals surface area contributed by atoms with Gasteiger partial charge in [-0.2, -0.15) is 4.31 Å². The lowest BCUT2D eigenvalue weighted by atomic mass is 10.1. The normalized spacial score (nSPS) is 20.2. The van der Waals surface area contributed by atoms with Crippen molar-refractivity contribution in [1.29, 1.82) is 0 Å². The minimum Gasteiger partial charge on any atom is -0.494 e. The number of nitrogens with zero attached hydrogens (tertiary/aromatic N) is 1. The van der Waals surface area contributed by atoms with Crippen LogP contribution in [0, 0.1) is 0 Å². The molecule has 1 heterocycles. The summed E-state index contributed by atoms with van der Waals surface area (Å²) in [5.41, 5.74) is 5.84. The van der Waals surface area contributed by atoms with Crippen molar-refractivity contribution < 1.29 is 13.2 Å². The number of benzene rings is 1. The van der Waals surface area contributed by atoms with E-state index in [0.29, 0.717) is 30.3 Å². The molecule has 0 spiro atoms. The molecule has 0 amide bonds. The first-order chi connectivity index (χ1) is 9.04. The fraction of sp³-hybridized carbons (Fsp3) is 0.538. The molecule has 0 saturated carbocycles. The molecule has 5 nitrogen and oxygen atoms in total. The fourth-order valence-electron chi connectivity index (χ4n) is 2.22. The second kappa shape index (κ2) is 7.26. The zero-order chi connectivity index (χ0) is 13.9. The third-order valence-corrected chi connectivity index (χ3v) is 5.07. The Morgan fingerprint density at radius 2 is 2.00 bits per heavy atom. The maximum absolute atomic E-state index is 12.4. The molecular formula is C13H21ClN2O3S. The van der Waals surface area contributed by atoms with Crippen molar-refractivity contribution >= 4 is 22.4 Å². The summed E-state index contributed by atoms with van der Waals surface area (Å²) in [7, 11) is -3.43. The van der Waals surface area contributed by atoms with Gasteiger partial charge in [-0.15, -0.1) is 12.4 Å². The second-order valence-electron chi connectivity index (χ2n) is 4.67. The minimum absolute atomic E-state index is 0. The first-order valence-corrected chi connectivity index (χ1v) is 7.96. The van der Waals surface area contributed by atoms with Gasteiger partial charge in [-0.1, -0.05) is 0 Å². The maximum atomic E-state index is 12.4. The quantitative estimate of drug-likeness (QED) is 0.915. The summed E-state index contributed by atoms with van der Waals surface area (Å²) in [5, 5.41) is 0. The van der Waals surface area contributed by atoms with Crippen molar-refractivity contribution in [3.63, 3.8) is 0 Å². The Hall–Kier alpha value is -0.820. The average Bonchev–Trinajstić information content (AvgIpc) is 2.40. The highest BCUT2D eigenvalue weighted by Crippen LogP contribution is 2.22. The second-order valence-corrected chi connectivity index (χ2v) is 6.61. The molecule has 2 rings (SSSR count). The van der Waals surface area contributed by atoms with Crippen LogP contribution in [0.1, 0.15) is 19.8 Å². The molecule has 1 unspecified atom stereocenters. The lowest BCUT2D eigenvalue weighted by molar-refractivity contribution is 0.316. The monoisotopic (exact) mass is 320 g/mol. The van der Waals surface area contributed by atoms with Gasteiger partial charge in [0.2, 0.25) is 10.0 Å². The molecule has 1 saturated heterocycles. The Labute approximate surface area is 126 Å². The number of rotatable bonds is 4. The van der Waals surface area contributed by atoms with Gasteiger partial charge in [0, 0.05) is 19.1 Å². The molecule has 0 bridgehead atoms. The summed E-state index contributed by atoms with van der Waals surface area (Å²) in [6, 6.07) is 6.47. The van der Waals surface area contributed by atoms with Crippen LogP contribution < -0.4 is 10.5 Å². The Morgan fingerprint density at radius 1 is 1.35 bits per heavy atom. The molecule has 1 aliphatic rings. The molecule has 2 N–H and O–H groups in total. The first-order valence-electron chi connectivity index (χ1n) is 6.52. The van der Waals surface area contributed by atoms with Crippen molar-refractivity contribution in [3.8, 4) is 5.75 Å². The summed E-state index contributed by atoms with van der Waals surface area (Å²) in [6.07, 6.45) is 1.70. The molecule has 0 radical (unpaired) electrons. The Balaban J connectivity index is 0.00000200. The lowest BCUT2D eigenvalue weighted by Crippen LogP contribution is -2.45. The van der Waals surface area contributed by atoms with Gasteiger partial charge in [0.25, 0.3) is 0 Å². The van der Waals surface area contributed by atoms with E-state index in [1.54, 1.807) is 24.3 Å². The Bertz CT molecular complexity index is 519. The number of hydrogen-bond acceptors (Lipinski definition) is 4. The van der Waals surface area contributed by atoms with Crippen molar-refractivity contribution in [2.75, 3.05) is 19.7 Å². The molecule has 1 aromatic rings. The summed E-state index contributed by atoms with van der Waals surface area (Å²) >= 11 is 0. The van der Waals surface area contributed by atoms with E-state index in [2.05, 4.69) is 0 Å². The third kappa shape index (κ3) is 3.85. The van der Waals surface area contributed by atoms with Gasteiger partial charge in [0.15, 0.2) is 0 Å². The van der Waals surface area contributed by atoms with E-state index in [1.165, 1.54) is 4.31 Å². The number of nitrogens with two attached hydrogens (primary N) is 1. The number of sulfonamides is 1. The maximum Gasteiger partial charge on any atom is 0.243 e. The molecule has 1 atom stereocenters. The van der Waals surface area contributed by atoms with Crippen LogP contribution in [0.4, 0.5) is 0 Å². The van der Waals surface area contributed by atoms with E-state index in [4.69, 9.17) is 10.5 Å². The third-order valence-electron chi connectivity index (χ3n) is 3.19. The van der Waals surface area contributed by atoms with E-state index >= 15 is 0 Å². The van der Waals surface area contributed by atoms with Crippen LogP contribution in [0.15, 0.2) is 29.2 Å². The zero-order valence-corrected chi connectivity index (χ0v) is 13.1. The number of halogens is 1. The van der Waals surface area contributed by atoms with Gasteiger partial charge < -0.3 is 10.5 Å². The lowest BCUT2D eigenvalue weighted by Gasteiger charge is -2.29. The SMILES string of the molecule is CCOc1ccc(S(=O)(=O)N2CCCC(N)C2)cc1.Cl. The van der Waals surface area contributed by atoms with Crippen molar-refractivity contribution in [2.45, 2.75) is 30.7 Å². The fourth-order valence-corrected chi connectivity index (χ4v) is 3.75. The van der Waals surface area contributed by atoms with E-state index in [0.717, 1.165) is 12.8 Å². The van der Waals surface area contributed by atoms with E-state index in [-0.39, 0.29) is 18.4 Å². The highest BCUT2D eigenvalue weighted by Gasteiger charge is 2.28. The van der Waals surface area contributed by atoms with Crippen molar-refractivity contribution in [3.05, 3.63) is 24.3 Å². The van der Waals surface area contributed by atoms with E-state index in [9.17, 15) is 8.42 Å². The highest BCUT2D eigenvalue weighted by molar-refractivity contribution is 7.89. The standard InChI is InChI=1S/C13H20N2O3S.ClH/c1-2-18-12-5-7-13(8-6-12)19(16,17)15-9-3-4-11(14)10-15;/h5-8,11H,2-4,9-10,14H2,1H3;1H. The Kier molecular flexibility index (Phi) is 6.26. The van der Waals surface area contributed by atoms with Crippen LogP contribution in [0.25, 0.3) is 0 Å². The van der Waals surface area contributed by atoms with Crippen LogP contribution in [-0.2, 0) is 10.0 Å². The predicted octanol–water partition coefficient (Wildman–Crippen LogP) is 1.62. The summed E-state index contributed by atoms with van der Waals surface area (Å²) in [5.74, 6) is 0.678. The van der Waals surface area contributed by atoms with Crippen LogP contribution in [-0.4, -0.2) is 38.5 Å². The molecule has 20 heavy (non-hydrogen) atoms. The molecule has 1 aromatic carbocycles. The zero-order valence-electron chi connectivity index (χ0n) is 11.5. The number of ether oxygens (including phenoxy) is 1. The summed E-state index contributed by atoms with van der Waals surface area (Å²) in [4.78, 5) is 0.296. The van der Waals surface area contributed by atoms with Crippen LogP contribution in [0.2, 0.25) is 0 Å². The molecule has 0 aromatic heterocycles. The minimum atomic E-state index is -3.43. The predicted molar refractivity (Wildman–Crippen MR) is 80.8 cm³/mol. The topological polar surface area (TPSA) is 72.6 Å². The van der Waals surface area contributed by atoms with Gasteiger partial charge in [0.05, 0.1) is 11.5 Å². The van der Waals surface area contributed by atoms with Crippen LogP contribution in [0.5, 0.6) is 5.75 Å². The Morgan fingerprint density at radius 3 is 2.55 bits per heavy atom. The number of hydrogen-bond donors (Lipinski definition) is 1. The largest absolute Gasteiger partial charge is 0.494 e. The molecular weight excluding hydrogens is 300 g/mol. The van der Waals surface area contributed by atoms with Gasteiger partial charge in [-0.3, -0.25) is 0 Å². The van der Waals surface area contributed by atoms with Crippen molar-refractivity contribution in [2.24, 2.45) is 5.73 Å². The smallest absolute Gasteiger partial charge is 0.243 e. The van der Waals surface area contributed by atoms with E-state index < -0.39 is 10.0 Å². The van der Waals surface area contributed by atoms with Crippen molar-refractivity contribution in [1.82, 2.24) is 4.31 Å². The molecule has 114 valence electrons. The summed E-state index contributed by atoms with van der Waals surface area (Å²) in [6.45, 7) is 3.39. The van der Waals surface area contributed by atoms with Crippen LogP contribution >= 0.6 is 12.4 Å². The number of piperidine rings is 1. The van der Waals surface area contributed by atoms with Gasteiger partial charge in [-0.25, -0.2) is 8.42 Å². The van der Waals surface area contributed by atoms with Gasteiger partial charge in [0.1, 0.15) is 5.75 Å². The molecule has 7 heteroatoms. The van der Waals surface area contributed by atoms with Gasteiger partial charge in [-0.05, 0) is 44.0 Å².